The number of amides is 1. The van der Waals surface area contributed by atoms with Gasteiger partial charge in [0.2, 0.25) is 0 Å². The number of hydrogen-bond donors (Lipinski definition) is 0. The molecule has 1 heterocycles. The predicted molar refractivity (Wildman–Crippen MR) is 125 cm³/mol. The predicted octanol–water partition coefficient (Wildman–Crippen LogP) is 4.90. The van der Waals surface area contributed by atoms with Gasteiger partial charge in [-0.2, -0.15) is 4.99 Å². The van der Waals surface area contributed by atoms with Crippen LogP contribution in [0.4, 0.5) is 0 Å². The summed E-state index contributed by atoms with van der Waals surface area (Å²) < 4.78 is 7.96. The second-order valence-electron chi connectivity index (χ2n) is 7.79. The van der Waals surface area contributed by atoms with E-state index < -0.39 is 0 Å². The Kier molecular flexibility index (Phi) is 7.80. The lowest BCUT2D eigenvalue weighted by Crippen LogP contribution is -2.23. The monoisotopic (exact) mass is 438 g/mol. The van der Waals surface area contributed by atoms with Gasteiger partial charge in [-0.25, -0.2) is 0 Å². The van der Waals surface area contributed by atoms with E-state index in [1.807, 2.05) is 32.0 Å². The van der Waals surface area contributed by atoms with E-state index in [2.05, 4.69) is 30.1 Å². The van der Waals surface area contributed by atoms with Gasteiger partial charge in [0, 0.05) is 0 Å². The fraction of sp³-hybridized carbons (Fsp3) is 0.400. The van der Waals surface area contributed by atoms with Crippen molar-refractivity contribution in [2.45, 2.75) is 59.9 Å². The van der Waals surface area contributed by atoms with E-state index in [9.17, 15) is 9.59 Å². The maximum atomic E-state index is 12.8. The number of carbonyl (C=O) groups is 2. The van der Waals surface area contributed by atoms with Crippen LogP contribution in [-0.4, -0.2) is 23.1 Å². The van der Waals surface area contributed by atoms with Crippen molar-refractivity contribution >= 4 is 33.4 Å². The fourth-order valence-corrected chi connectivity index (χ4v) is 4.69. The van der Waals surface area contributed by atoms with E-state index >= 15 is 0 Å². The van der Waals surface area contributed by atoms with Crippen LogP contribution in [-0.2, 0) is 33.7 Å². The van der Waals surface area contributed by atoms with Crippen LogP contribution in [0.25, 0.3) is 10.2 Å². The van der Waals surface area contributed by atoms with E-state index in [0.717, 1.165) is 40.6 Å². The van der Waals surface area contributed by atoms with E-state index in [0.29, 0.717) is 11.4 Å². The highest BCUT2D eigenvalue weighted by Gasteiger charge is 2.13. The molecule has 1 aromatic heterocycles. The highest BCUT2D eigenvalue weighted by atomic mass is 32.1. The lowest BCUT2D eigenvalue weighted by Gasteiger charge is -2.06. The van der Waals surface area contributed by atoms with Crippen LogP contribution >= 0.6 is 11.3 Å². The Hall–Kier alpha value is -2.73. The number of unbranched alkanes of at least 4 members (excludes halogenated alkanes) is 1. The maximum absolute atomic E-state index is 12.8. The molecule has 0 spiro atoms. The van der Waals surface area contributed by atoms with E-state index in [4.69, 9.17) is 4.74 Å². The molecule has 0 aliphatic carbocycles. The van der Waals surface area contributed by atoms with Gasteiger partial charge >= 0.3 is 5.97 Å². The van der Waals surface area contributed by atoms with Gasteiger partial charge in [-0.3, -0.25) is 9.59 Å². The number of thiazole rings is 1. The summed E-state index contributed by atoms with van der Waals surface area (Å²) in [6.07, 6.45) is 3.52. The van der Waals surface area contributed by atoms with Crippen LogP contribution < -0.4 is 4.80 Å². The molecule has 0 N–H and O–H groups in total. The number of ether oxygens (including phenoxy) is 1. The van der Waals surface area contributed by atoms with Crippen LogP contribution in [0.3, 0.4) is 0 Å². The highest BCUT2D eigenvalue weighted by Crippen LogP contribution is 2.21. The largest absolute Gasteiger partial charge is 0.465 e. The third kappa shape index (κ3) is 5.91. The first-order chi connectivity index (χ1) is 14.9. The minimum atomic E-state index is -0.333. The van der Waals surface area contributed by atoms with E-state index in [1.165, 1.54) is 22.5 Å². The van der Waals surface area contributed by atoms with Crippen molar-refractivity contribution < 1.29 is 14.3 Å². The SMILES string of the molecule is CCCCc1ccc2c(c1)sc(=NC(=O)Cc1ccc(C)cc1C)n2CC(=O)OCC. The molecule has 3 rings (SSSR count). The molecule has 0 radical (unpaired) electrons. The summed E-state index contributed by atoms with van der Waals surface area (Å²) in [4.78, 5) is 29.9. The molecule has 164 valence electrons. The molecular formula is C25H30N2O3S. The van der Waals surface area contributed by atoms with Gasteiger partial charge in [0.15, 0.2) is 4.80 Å². The van der Waals surface area contributed by atoms with Crippen molar-refractivity contribution in [3.63, 3.8) is 0 Å². The summed E-state index contributed by atoms with van der Waals surface area (Å²) in [5.41, 5.74) is 5.38. The Morgan fingerprint density at radius 2 is 1.90 bits per heavy atom. The lowest BCUT2D eigenvalue weighted by molar-refractivity contribution is -0.143. The van der Waals surface area contributed by atoms with Gasteiger partial charge in [0.25, 0.3) is 5.91 Å². The van der Waals surface area contributed by atoms with Crippen LogP contribution in [0.15, 0.2) is 41.4 Å². The van der Waals surface area contributed by atoms with Crippen LogP contribution in [0.2, 0.25) is 0 Å². The molecule has 5 nitrogen and oxygen atoms in total. The average Bonchev–Trinajstić information content (AvgIpc) is 3.04. The molecule has 0 atom stereocenters. The molecule has 0 fully saturated rings. The molecule has 0 saturated heterocycles. The third-order valence-electron chi connectivity index (χ3n) is 5.22. The number of benzene rings is 2. The summed E-state index contributed by atoms with van der Waals surface area (Å²) in [6.45, 7) is 8.36. The molecule has 2 aromatic carbocycles. The Balaban J connectivity index is 1.98. The van der Waals surface area contributed by atoms with Crippen LogP contribution in [0.1, 0.15) is 48.9 Å². The summed E-state index contributed by atoms with van der Waals surface area (Å²) >= 11 is 1.44. The molecule has 0 bridgehead atoms. The Morgan fingerprint density at radius 3 is 2.61 bits per heavy atom. The number of aryl methyl sites for hydroxylation is 3. The van der Waals surface area contributed by atoms with E-state index in [1.54, 1.807) is 11.5 Å². The van der Waals surface area contributed by atoms with Crippen molar-refractivity contribution in [2.75, 3.05) is 6.61 Å². The van der Waals surface area contributed by atoms with Crippen molar-refractivity contribution in [3.8, 4) is 0 Å². The van der Waals surface area contributed by atoms with Crippen molar-refractivity contribution in [1.82, 2.24) is 4.57 Å². The lowest BCUT2D eigenvalue weighted by atomic mass is 10.0. The van der Waals surface area contributed by atoms with Crippen molar-refractivity contribution in [3.05, 3.63) is 63.5 Å². The number of nitrogens with zero attached hydrogens (tertiary/aromatic N) is 2. The number of rotatable bonds is 8. The van der Waals surface area contributed by atoms with E-state index in [-0.39, 0.29) is 24.8 Å². The highest BCUT2D eigenvalue weighted by molar-refractivity contribution is 7.16. The summed E-state index contributed by atoms with van der Waals surface area (Å²) in [5.74, 6) is -0.553. The first-order valence-corrected chi connectivity index (χ1v) is 11.6. The second-order valence-corrected chi connectivity index (χ2v) is 8.80. The number of aromatic nitrogens is 1. The maximum Gasteiger partial charge on any atom is 0.326 e. The molecule has 0 saturated carbocycles. The molecular weight excluding hydrogens is 408 g/mol. The number of esters is 1. The number of carbonyl (C=O) groups excluding carboxylic acids is 2. The number of fused-ring (bicyclic) bond motifs is 1. The minimum Gasteiger partial charge on any atom is -0.465 e. The van der Waals surface area contributed by atoms with Gasteiger partial charge in [0.1, 0.15) is 6.54 Å². The van der Waals surface area contributed by atoms with Crippen LogP contribution in [0, 0.1) is 13.8 Å². The van der Waals surface area contributed by atoms with Gasteiger partial charge in [-0.15, -0.1) is 0 Å². The quantitative estimate of drug-likeness (QED) is 0.470. The zero-order valence-electron chi connectivity index (χ0n) is 18.7. The molecule has 31 heavy (non-hydrogen) atoms. The fourth-order valence-electron chi connectivity index (χ4n) is 3.58. The molecule has 6 heteroatoms. The van der Waals surface area contributed by atoms with Crippen molar-refractivity contribution in [2.24, 2.45) is 4.99 Å². The zero-order chi connectivity index (χ0) is 22.4. The molecule has 0 aliphatic heterocycles. The zero-order valence-corrected chi connectivity index (χ0v) is 19.6. The first kappa shape index (κ1) is 22.9. The van der Waals surface area contributed by atoms with Gasteiger partial charge in [-0.1, -0.05) is 54.5 Å². The Bertz CT molecular complexity index is 1160. The summed E-state index contributed by atoms with van der Waals surface area (Å²) in [7, 11) is 0. The summed E-state index contributed by atoms with van der Waals surface area (Å²) in [6, 6.07) is 12.3. The Morgan fingerprint density at radius 1 is 1.10 bits per heavy atom. The molecule has 0 unspecified atom stereocenters. The molecule has 3 aromatic rings. The van der Waals surface area contributed by atoms with Gasteiger partial charge < -0.3 is 9.30 Å². The number of hydrogen-bond acceptors (Lipinski definition) is 4. The molecule has 1 amide bonds. The Labute approximate surface area is 187 Å². The smallest absolute Gasteiger partial charge is 0.326 e. The third-order valence-corrected chi connectivity index (χ3v) is 6.26. The normalized spacial score (nSPS) is 11.8. The van der Waals surface area contributed by atoms with Gasteiger partial charge in [-0.05, 0) is 62.4 Å². The van der Waals surface area contributed by atoms with Crippen LogP contribution in [0.5, 0.6) is 0 Å². The second kappa shape index (κ2) is 10.5. The van der Waals surface area contributed by atoms with Crippen molar-refractivity contribution in [1.29, 1.82) is 0 Å². The molecule has 0 aliphatic rings. The average molecular weight is 439 g/mol. The topological polar surface area (TPSA) is 60.7 Å². The summed E-state index contributed by atoms with van der Waals surface area (Å²) in [5, 5.41) is 0. The minimum absolute atomic E-state index is 0.0395. The first-order valence-electron chi connectivity index (χ1n) is 10.8. The standard InChI is InChI=1S/C25H30N2O3S/c1-5-7-8-19-10-12-21-22(14-19)31-25(27(21)16-24(29)30-6-2)26-23(28)15-20-11-9-17(3)13-18(20)4/h9-14H,5-8,15-16H2,1-4H3. The van der Waals surface area contributed by atoms with Gasteiger partial charge in [0.05, 0.1) is 23.2 Å².